The van der Waals surface area contributed by atoms with Crippen LogP contribution in [0.25, 0.3) is 0 Å². The maximum Gasteiger partial charge on any atom is 0.303 e. The third-order valence-electron chi connectivity index (χ3n) is 3.02. The Bertz CT molecular complexity index is 554. The lowest BCUT2D eigenvalue weighted by atomic mass is 9.98. The van der Waals surface area contributed by atoms with Crippen LogP contribution in [0.15, 0.2) is 18.2 Å². The summed E-state index contributed by atoms with van der Waals surface area (Å²) in [5.41, 5.74) is 7.56. The number of benzene rings is 1. The van der Waals surface area contributed by atoms with Gasteiger partial charge in [-0.2, -0.15) is 0 Å². The maximum absolute atomic E-state index is 12.0. The summed E-state index contributed by atoms with van der Waals surface area (Å²) < 4.78 is 0. The van der Waals surface area contributed by atoms with E-state index in [1.165, 1.54) is 0 Å². The average molecular weight is 262 g/mol. The molecule has 0 fully saturated rings. The number of nitrogens with two attached hydrogens (primary N) is 1. The molecule has 1 atom stereocenters. The second-order valence-electron chi connectivity index (χ2n) is 4.50. The standard InChI is InChI=1S/C13H14N2O4/c14-9(2-4-12(17)18)13(19)7-1-3-10-8(5-7)6-11(16)15-10/h1,3,5,9H,2,4,6,14H2,(H,15,16)(H,17,18). The van der Waals surface area contributed by atoms with Crippen molar-refractivity contribution in [3.05, 3.63) is 29.3 Å². The lowest BCUT2D eigenvalue weighted by Crippen LogP contribution is -2.31. The number of aliphatic carboxylic acids is 1. The molecule has 0 radical (unpaired) electrons. The van der Waals surface area contributed by atoms with Crippen molar-refractivity contribution in [2.75, 3.05) is 5.32 Å². The van der Waals surface area contributed by atoms with Crippen LogP contribution in [0.1, 0.15) is 28.8 Å². The second kappa shape index (κ2) is 5.19. The molecular formula is C13H14N2O4. The Labute approximate surface area is 109 Å². The smallest absolute Gasteiger partial charge is 0.303 e. The Morgan fingerprint density at radius 1 is 1.42 bits per heavy atom. The van der Waals surface area contributed by atoms with Crippen LogP contribution in [-0.4, -0.2) is 28.8 Å². The molecule has 6 nitrogen and oxygen atoms in total. The van der Waals surface area contributed by atoms with Gasteiger partial charge in [0, 0.05) is 17.7 Å². The summed E-state index contributed by atoms with van der Waals surface area (Å²) in [7, 11) is 0. The van der Waals surface area contributed by atoms with Crippen LogP contribution >= 0.6 is 0 Å². The van der Waals surface area contributed by atoms with Crippen LogP contribution in [0.3, 0.4) is 0 Å². The molecule has 2 rings (SSSR count). The molecule has 6 heteroatoms. The molecule has 0 saturated carbocycles. The number of carboxylic acids is 1. The number of hydrogen-bond acceptors (Lipinski definition) is 4. The normalized spacial score (nSPS) is 14.7. The van der Waals surface area contributed by atoms with Crippen molar-refractivity contribution in [2.45, 2.75) is 25.3 Å². The Kier molecular flexibility index (Phi) is 3.62. The minimum Gasteiger partial charge on any atom is -0.481 e. The number of carboxylic acid groups (broad SMARTS) is 1. The number of ketones is 1. The van der Waals surface area contributed by atoms with Gasteiger partial charge < -0.3 is 16.2 Å². The van der Waals surface area contributed by atoms with Crippen molar-refractivity contribution in [3.63, 3.8) is 0 Å². The first-order valence-electron chi connectivity index (χ1n) is 5.91. The van der Waals surface area contributed by atoms with E-state index >= 15 is 0 Å². The van der Waals surface area contributed by atoms with Crippen LogP contribution in [0.2, 0.25) is 0 Å². The zero-order chi connectivity index (χ0) is 14.0. The van der Waals surface area contributed by atoms with Gasteiger partial charge in [0.2, 0.25) is 5.91 Å². The number of fused-ring (bicyclic) bond motifs is 1. The third kappa shape index (κ3) is 2.97. The van der Waals surface area contributed by atoms with Crippen molar-refractivity contribution in [3.8, 4) is 0 Å². The minimum absolute atomic E-state index is 0.0996. The van der Waals surface area contributed by atoms with Crippen molar-refractivity contribution in [1.29, 1.82) is 0 Å². The predicted molar refractivity (Wildman–Crippen MR) is 68.0 cm³/mol. The fourth-order valence-corrected chi connectivity index (χ4v) is 2.01. The Morgan fingerprint density at radius 2 is 2.16 bits per heavy atom. The predicted octanol–water partition coefficient (Wildman–Crippen LogP) is 0.556. The van der Waals surface area contributed by atoms with Crippen LogP contribution in [0.5, 0.6) is 0 Å². The van der Waals surface area contributed by atoms with Gasteiger partial charge in [-0.05, 0) is 30.2 Å². The molecule has 19 heavy (non-hydrogen) atoms. The van der Waals surface area contributed by atoms with Gasteiger partial charge >= 0.3 is 5.97 Å². The molecule has 100 valence electrons. The zero-order valence-electron chi connectivity index (χ0n) is 10.2. The molecule has 0 spiro atoms. The highest BCUT2D eigenvalue weighted by molar-refractivity contribution is 6.03. The van der Waals surface area contributed by atoms with Gasteiger partial charge in [-0.15, -0.1) is 0 Å². The van der Waals surface area contributed by atoms with Crippen LogP contribution < -0.4 is 11.1 Å². The minimum atomic E-state index is -0.980. The quantitative estimate of drug-likeness (QED) is 0.671. The summed E-state index contributed by atoms with van der Waals surface area (Å²) >= 11 is 0. The van der Waals surface area contributed by atoms with Gasteiger partial charge in [-0.25, -0.2) is 0 Å². The van der Waals surface area contributed by atoms with E-state index in [-0.39, 0.29) is 31.0 Å². The van der Waals surface area contributed by atoms with Gasteiger partial charge in [-0.3, -0.25) is 14.4 Å². The lowest BCUT2D eigenvalue weighted by Gasteiger charge is -2.10. The number of amides is 1. The first kappa shape index (κ1) is 13.2. The number of anilines is 1. The molecule has 0 aromatic heterocycles. The summed E-state index contributed by atoms with van der Waals surface area (Å²) in [4.78, 5) is 33.7. The van der Waals surface area contributed by atoms with E-state index in [2.05, 4.69) is 5.32 Å². The topological polar surface area (TPSA) is 109 Å². The molecular weight excluding hydrogens is 248 g/mol. The van der Waals surface area contributed by atoms with Crippen molar-refractivity contribution >= 4 is 23.3 Å². The first-order valence-corrected chi connectivity index (χ1v) is 5.91. The SMILES string of the molecule is NC(CCC(=O)O)C(=O)c1ccc2c(c1)CC(=O)N2. The maximum atomic E-state index is 12.0. The monoisotopic (exact) mass is 262 g/mol. The fourth-order valence-electron chi connectivity index (χ4n) is 2.01. The Morgan fingerprint density at radius 3 is 2.84 bits per heavy atom. The van der Waals surface area contributed by atoms with Crippen LogP contribution in [-0.2, 0) is 16.0 Å². The molecule has 1 aliphatic heterocycles. The van der Waals surface area contributed by atoms with Gasteiger partial charge in [0.15, 0.2) is 5.78 Å². The van der Waals surface area contributed by atoms with E-state index in [0.29, 0.717) is 11.3 Å². The number of nitrogens with one attached hydrogen (secondary N) is 1. The molecule has 0 bridgehead atoms. The average Bonchev–Trinajstić information content (AvgIpc) is 2.73. The van der Waals surface area contributed by atoms with E-state index in [4.69, 9.17) is 10.8 Å². The zero-order valence-corrected chi connectivity index (χ0v) is 10.2. The number of carbonyl (C=O) groups excluding carboxylic acids is 2. The number of carbonyl (C=O) groups is 3. The molecule has 1 heterocycles. The van der Waals surface area contributed by atoms with Crippen molar-refractivity contribution in [2.24, 2.45) is 5.73 Å². The molecule has 1 unspecified atom stereocenters. The molecule has 0 saturated heterocycles. The second-order valence-corrected chi connectivity index (χ2v) is 4.50. The highest BCUT2D eigenvalue weighted by atomic mass is 16.4. The van der Waals surface area contributed by atoms with E-state index in [1.807, 2.05) is 0 Å². The fraction of sp³-hybridized carbons (Fsp3) is 0.308. The molecule has 4 N–H and O–H groups in total. The Balaban J connectivity index is 2.10. The molecule has 1 amide bonds. The largest absolute Gasteiger partial charge is 0.481 e. The third-order valence-corrected chi connectivity index (χ3v) is 3.02. The van der Waals surface area contributed by atoms with Crippen molar-refractivity contribution in [1.82, 2.24) is 0 Å². The summed E-state index contributed by atoms with van der Waals surface area (Å²) in [6, 6.07) is 4.06. The number of rotatable bonds is 5. The molecule has 0 aliphatic carbocycles. The molecule has 1 aromatic carbocycles. The summed E-state index contributed by atoms with van der Waals surface area (Å²) in [6.45, 7) is 0. The summed E-state index contributed by atoms with van der Waals surface area (Å²) in [6.07, 6.45) is 0.209. The summed E-state index contributed by atoms with van der Waals surface area (Å²) in [5, 5.41) is 11.2. The first-order chi connectivity index (χ1) is 8.97. The van der Waals surface area contributed by atoms with Gasteiger partial charge in [0.05, 0.1) is 12.5 Å². The van der Waals surface area contributed by atoms with E-state index in [0.717, 1.165) is 5.56 Å². The van der Waals surface area contributed by atoms with Crippen LogP contribution in [0, 0.1) is 0 Å². The number of hydrogen-bond donors (Lipinski definition) is 3. The summed E-state index contributed by atoms with van der Waals surface area (Å²) in [5.74, 6) is -1.38. The Hall–Kier alpha value is -2.21. The molecule has 1 aromatic rings. The van der Waals surface area contributed by atoms with Gasteiger partial charge in [0.1, 0.15) is 0 Å². The molecule has 1 aliphatic rings. The highest BCUT2D eigenvalue weighted by Gasteiger charge is 2.21. The van der Waals surface area contributed by atoms with E-state index in [1.54, 1.807) is 18.2 Å². The van der Waals surface area contributed by atoms with E-state index in [9.17, 15) is 14.4 Å². The van der Waals surface area contributed by atoms with Gasteiger partial charge in [0.25, 0.3) is 0 Å². The van der Waals surface area contributed by atoms with Gasteiger partial charge in [-0.1, -0.05) is 0 Å². The van der Waals surface area contributed by atoms with Crippen molar-refractivity contribution < 1.29 is 19.5 Å². The number of Topliss-reactive ketones (excluding diaryl/α,β-unsaturated/α-hetero) is 1. The van der Waals surface area contributed by atoms with Crippen LogP contribution in [0.4, 0.5) is 5.69 Å². The highest BCUT2D eigenvalue weighted by Crippen LogP contribution is 2.24. The lowest BCUT2D eigenvalue weighted by molar-refractivity contribution is -0.137. The van der Waals surface area contributed by atoms with E-state index < -0.39 is 12.0 Å².